The van der Waals surface area contributed by atoms with Crippen LogP contribution in [0.25, 0.3) is 0 Å². The first-order valence-electron chi connectivity index (χ1n) is 5.96. The fourth-order valence-electron chi connectivity index (χ4n) is 2.67. The van der Waals surface area contributed by atoms with Gasteiger partial charge in [0.25, 0.3) is 0 Å². The summed E-state index contributed by atoms with van der Waals surface area (Å²) in [5.41, 5.74) is -0.654. The van der Waals surface area contributed by atoms with Crippen LogP contribution in [0, 0.1) is 0 Å². The first-order valence-corrected chi connectivity index (χ1v) is 7.44. The molecule has 0 aromatic heterocycles. The summed E-state index contributed by atoms with van der Waals surface area (Å²) in [6, 6.07) is 2.85. The number of sulfone groups is 1. The lowest BCUT2D eigenvalue weighted by molar-refractivity contribution is -0.137. The highest BCUT2D eigenvalue weighted by atomic mass is 32.2. The zero-order chi connectivity index (χ0) is 13.9. The number of rotatable bonds is 0. The second kappa shape index (κ2) is 3.65. The molecule has 3 rings (SSSR count). The van der Waals surface area contributed by atoms with Gasteiger partial charge in [0.05, 0.1) is 20.9 Å². The predicted molar refractivity (Wildman–Crippen MR) is 63.7 cm³/mol. The summed E-state index contributed by atoms with van der Waals surface area (Å²) in [7, 11) is -3.69. The van der Waals surface area contributed by atoms with Crippen LogP contribution in [0.3, 0.4) is 0 Å². The molecule has 2 aliphatic rings. The van der Waals surface area contributed by atoms with E-state index in [9.17, 15) is 21.6 Å². The number of alkyl halides is 3. The largest absolute Gasteiger partial charge is 0.416 e. The number of benzene rings is 1. The van der Waals surface area contributed by atoms with Crippen molar-refractivity contribution in [3.8, 4) is 0 Å². The molecule has 1 saturated carbocycles. The molecule has 1 heterocycles. The predicted octanol–water partition coefficient (Wildman–Crippen LogP) is 2.83. The van der Waals surface area contributed by atoms with Gasteiger partial charge in [-0.3, -0.25) is 0 Å². The highest BCUT2D eigenvalue weighted by molar-refractivity contribution is 7.93. The molecule has 1 spiro atoms. The van der Waals surface area contributed by atoms with Gasteiger partial charge in [-0.05, 0) is 31.0 Å². The third kappa shape index (κ3) is 1.67. The van der Waals surface area contributed by atoms with E-state index >= 15 is 0 Å². The molecular weight excluding hydrogens is 279 g/mol. The monoisotopic (exact) mass is 291 g/mol. The minimum absolute atomic E-state index is 0.215. The van der Waals surface area contributed by atoms with Gasteiger partial charge in [0, 0.05) is 6.54 Å². The van der Waals surface area contributed by atoms with Crippen molar-refractivity contribution in [1.82, 2.24) is 0 Å². The molecule has 1 aromatic carbocycles. The van der Waals surface area contributed by atoms with E-state index in [0.29, 0.717) is 12.8 Å². The van der Waals surface area contributed by atoms with Crippen LogP contribution in [0.4, 0.5) is 18.9 Å². The molecular formula is C12H12F3NO2S. The van der Waals surface area contributed by atoms with E-state index in [1.807, 2.05) is 0 Å². The van der Waals surface area contributed by atoms with Crippen LogP contribution < -0.4 is 5.32 Å². The standard InChI is InChI=1S/C12H12F3NO2S/c13-12(14,15)8-2-3-9-10(6-8)19(17,18)11(7-16-9)4-1-5-11/h2-3,6,16H,1,4-5,7H2. The first kappa shape index (κ1) is 12.8. The van der Waals surface area contributed by atoms with Crippen molar-refractivity contribution in [2.45, 2.75) is 35.1 Å². The fourth-order valence-corrected chi connectivity index (χ4v) is 4.93. The maximum Gasteiger partial charge on any atom is 0.416 e. The average Bonchev–Trinajstić information content (AvgIpc) is 2.25. The lowest BCUT2D eigenvalue weighted by Gasteiger charge is -2.44. The number of halogens is 3. The third-order valence-corrected chi connectivity index (χ3v) is 6.64. The molecule has 0 amide bonds. The molecule has 1 aliphatic carbocycles. The van der Waals surface area contributed by atoms with Gasteiger partial charge >= 0.3 is 6.18 Å². The van der Waals surface area contributed by atoms with E-state index in [-0.39, 0.29) is 17.1 Å². The summed E-state index contributed by atoms with van der Waals surface area (Å²) in [4.78, 5) is -0.215. The van der Waals surface area contributed by atoms with Crippen LogP contribution in [-0.2, 0) is 16.0 Å². The molecule has 104 valence electrons. The molecule has 0 radical (unpaired) electrons. The van der Waals surface area contributed by atoms with Crippen LogP contribution in [0.2, 0.25) is 0 Å². The Morgan fingerprint density at radius 2 is 1.89 bits per heavy atom. The summed E-state index contributed by atoms with van der Waals surface area (Å²) >= 11 is 0. The smallest absolute Gasteiger partial charge is 0.382 e. The second-order valence-electron chi connectivity index (χ2n) is 5.10. The summed E-state index contributed by atoms with van der Waals surface area (Å²) in [6.45, 7) is 0.285. The van der Waals surface area contributed by atoms with Crippen LogP contribution in [-0.4, -0.2) is 19.7 Å². The van der Waals surface area contributed by atoms with Gasteiger partial charge in [0.2, 0.25) is 0 Å². The summed E-state index contributed by atoms with van der Waals surface area (Å²) in [5, 5.41) is 2.94. The Labute approximate surface area is 108 Å². The lowest BCUT2D eigenvalue weighted by Crippen LogP contribution is -2.53. The maximum absolute atomic E-state index is 12.7. The van der Waals surface area contributed by atoms with Gasteiger partial charge in [0.1, 0.15) is 0 Å². The molecule has 0 atom stereocenters. The quantitative estimate of drug-likeness (QED) is 0.799. The fraction of sp³-hybridized carbons (Fsp3) is 0.500. The minimum atomic E-state index is -4.53. The lowest BCUT2D eigenvalue weighted by atomic mass is 9.84. The number of hydrogen-bond acceptors (Lipinski definition) is 3. The zero-order valence-corrected chi connectivity index (χ0v) is 10.7. The minimum Gasteiger partial charge on any atom is -0.382 e. The normalized spacial score (nSPS) is 23.3. The molecule has 0 unspecified atom stereocenters. The third-order valence-electron chi connectivity index (χ3n) is 4.03. The Bertz CT molecular complexity index is 633. The van der Waals surface area contributed by atoms with Crippen LogP contribution in [0.5, 0.6) is 0 Å². The van der Waals surface area contributed by atoms with Crippen molar-refractivity contribution in [3.63, 3.8) is 0 Å². The molecule has 7 heteroatoms. The summed E-state index contributed by atoms with van der Waals surface area (Å²) in [6.07, 6.45) is -2.71. The van der Waals surface area contributed by atoms with Gasteiger partial charge in [-0.15, -0.1) is 0 Å². The Morgan fingerprint density at radius 3 is 2.42 bits per heavy atom. The van der Waals surface area contributed by atoms with Crippen molar-refractivity contribution >= 4 is 15.5 Å². The Kier molecular flexibility index (Phi) is 2.46. The van der Waals surface area contributed by atoms with Crippen molar-refractivity contribution < 1.29 is 21.6 Å². The van der Waals surface area contributed by atoms with E-state index in [1.54, 1.807) is 0 Å². The number of anilines is 1. The van der Waals surface area contributed by atoms with Gasteiger partial charge in [-0.2, -0.15) is 13.2 Å². The highest BCUT2D eigenvalue weighted by Crippen LogP contribution is 2.48. The topological polar surface area (TPSA) is 46.2 Å². The van der Waals surface area contributed by atoms with Crippen molar-refractivity contribution in [3.05, 3.63) is 23.8 Å². The maximum atomic E-state index is 12.7. The molecule has 1 fully saturated rings. The Hall–Kier alpha value is -1.24. The van der Waals surface area contributed by atoms with E-state index in [2.05, 4.69) is 5.32 Å². The van der Waals surface area contributed by atoms with Gasteiger partial charge in [-0.1, -0.05) is 6.42 Å². The van der Waals surface area contributed by atoms with Crippen molar-refractivity contribution in [1.29, 1.82) is 0 Å². The molecule has 1 N–H and O–H groups in total. The number of hydrogen-bond donors (Lipinski definition) is 1. The van der Waals surface area contributed by atoms with E-state index in [1.165, 1.54) is 6.07 Å². The van der Waals surface area contributed by atoms with E-state index < -0.39 is 26.3 Å². The molecule has 19 heavy (non-hydrogen) atoms. The molecule has 3 nitrogen and oxygen atoms in total. The summed E-state index contributed by atoms with van der Waals surface area (Å²) in [5.74, 6) is 0. The number of nitrogens with one attached hydrogen (secondary N) is 1. The van der Waals surface area contributed by atoms with Gasteiger partial charge in [0.15, 0.2) is 9.84 Å². The van der Waals surface area contributed by atoms with Crippen LogP contribution >= 0.6 is 0 Å². The first-order chi connectivity index (χ1) is 8.76. The number of fused-ring (bicyclic) bond motifs is 1. The molecule has 0 saturated heterocycles. The van der Waals surface area contributed by atoms with Gasteiger partial charge in [-0.25, -0.2) is 8.42 Å². The molecule has 1 aromatic rings. The SMILES string of the molecule is O=S1(=O)c2cc(C(F)(F)F)ccc2NCC12CCC2. The van der Waals surface area contributed by atoms with Crippen molar-refractivity contribution in [2.24, 2.45) is 0 Å². The average molecular weight is 291 g/mol. The van der Waals surface area contributed by atoms with Crippen molar-refractivity contribution in [2.75, 3.05) is 11.9 Å². The highest BCUT2D eigenvalue weighted by Gasteiger charge is 2.52. The zero-order valence-electron chi connectivity index (χ0n) is 9.92. The second-order valence-corrected chi connectivity index (χ2v) is 7.41. The molecule has 0 bridgehead atoms. The Balaban J connectivity index is 2.16. The molecule has 1 aliphatic heterocycles. The van der Waals surface area contributed by atoms with E-state index in [4.69, 9.17) is 0 Å². The van der Waals surface area contributed by atoms with Crippen LogP contribution in [0.1, 0.15) is 24.8 Å². The van der Waals surface area contributed by atoms with Crippen LogP contribution in [0.15, 0.2) is 23.1 Å². The summed E-state index contributed by atoms with van der Waals surface area (Å²) < 4.78 is 62.1. The Morgan fingerprint density at radius 1 is 1.21 bits per heavy atom. The van der Waals surface area contributed by atoms with Gasteiger partial charge < -0.3 is 5.32 Å². The van der Waals surface area contributed by atoms with E-state index in [0.717, 1.165) is 18.6 Å².